The Kier molecular flexibility index (Phi) is 3.69. The monoisotopic (exact) mass is 275 g/mol. The Morgan fingerprint density at radius 2 is 1.52 bits per heavy atom. The molecule has 2 aromatic carbocycles. The van der Waals surface area contributed by atoms with Gasteiger partial charge in [0.1, 0.15) is 5.75 Å². The second-order valence-electron chi connectivity index (χ2n) is 4.89. The van der Waals surface area contributed by atoms with Gasteiger partial charge in [0.2, 0.25) is 0 Å². The van der Waals surface area contributed by atoms with Gasteiger partial charge in [0.05, 0.1) is 7.11 Å². The third kappa shape index (κ3) is 2.52. The molecule has 3 aromatic rings. The van der Waals surface area contributed by atoms with Crippen molar-refractivity contribution in [1.29, 1.82) is 0 Å². The summed E-state index contributed by atoms with van der Waals surface area (Å²) < 4.78 is 5.52. The zero-order valence-corrected chi connectivity index (χ0v) is 12.2. The van der Waals surface area contributed by atoms with Crippen LogP contribution in [0.25, 0.3) is 22.3 Å². The van der Waals surface area contributed by atoms with E-state index in [-0.39, 0.29) is 0 Å². The number of rotatable bonds is 3. The van der Waals surface area contributed by atoms with Crippen LogP contribution in [0.3, 0.4) is 0 Å². The van der Waals surface area contributed by atoms with E-state index >= 15 is 0 Å². The molecule has 0 atom stereocenters. The predicted octanol–water partition coefficient (Wildman–Crippen LogP) is 4.73. The van der Waals surface area contributed by atoms with E-state index < -0.39 is 0 Å². The fraction of sp³-hybridized carbons (Fsp3) is 0.105. The second-order valence-corrected chi connectivity index (χ2v) is 4.89. The smallest absolute Gasteiger partial charge is 0.126 e. The Labute approximate surface area is 125 Å². The molecule has 0 aliphatic carbocycles. The zero-order chi connectivity index (χ0) is 14.7. The van der Waals surface area contributed by atoms with Crippen LogP contribution in [0.4, 0.5) is 0 Å². The number of aryl methyl sites for hydroxylation is 1. The predicted molar refractivity (Wildman–Crippen MR) is 86.4 cm³/mol. The highest BCUT2D eigenvalue weighted by molar-refractivity contribution is 5.87. The molecule has 104 valence electrons. The molecule has 21 heavy (non-hydrogen) atoms. The van der Waals surface area contributed by atoms with Crippen LogP contribution in [-0.4, -0.2) is 12.1 Å². The van der Waals surface area contributed by atoms with Crippen molar-refractivity contribution < 1.29 is 4.74 Å². The van der Waals surface area contributed by atoms with Crippen LogP contribution in [0.5, 0.6) is 5.75 Å². The first kappa shape index (κ1) is 13.4. The Morgan fingerprint density at radius 3 is 2.29 bits per heavy atom. The molecule has 0 bridgehead atoms. The van der Waals surface area contributed by atoms with Gasteiger partial charge in [0.15, 0.2) is 0 Å². The number of pyridine rings is 1. The summed E-state index contributed by atoms with van der Waals surface area (Å²) in [7, 11) is 1.70. The lowest BCUT2D eigenvalue weighted by Crippen LogP contribution is -1.94. The minimum absolute atomic E-state index is 0.866. The molecule has 0 aliphatic heterocycles. The maximum absolute atomic E-state index is 5.52. The summed E-state index contributed by atoms with van der Waals surface area (Å²) in [6.07, 6.45) is 1.86. The van der Waals surface area contributed by atoms with Gasteiger partial charge in [-0.15, -0.1) is 0 Å². The first-order valence-electron chi connectivity index (χ1n) is 6.95. The van der Waals surface area contributed by atoms with Crippen LogP contribution in [0.1, 0.15) is 5.69 Å². The summed E-state index contributed by atoms with van der Waals surface area (Å²) in [5.74, 6) is 0.866. The van der Waals surface area contributed by atoms with Crippen LogP contribution in [0, 0.1) is 6.92 Å². The fourth-order valence-electron chi connectivity index (χ4n) is 2.62. The van der Waals surface area contributed by atoms with E-state index in [9.17, 15) is 0 Å². The number of para-hydroxylation sites is 1. The molecule has 2 heteroatoms. The minimum atomic E-state index is 0.866. The van der Waals surface area contributed by atoms with Gasteiger partial charge in [-0.2, -0.15) is 0 Å². The Balaban J connectivity index is 2.28. The highest BCUT2D eigenvalue weighted by Crippen LogP contribution is 2.38. The molecule has 3 rings (SSSR count). The molecule has 0 saturated carbocycles. The molecule has 0 saturated heterocycles. The van der Waals surface area contributed by atoms with Crippen LogP contribution in [-0.2, 0) is 0 Å². The molecule has 1 heterocycles. The normalized spacial score (nSPS) is 10.4. The molecule has 0 fully saturated rings. The summed E-state index contributed by atoms with van der Waals surface area (Å²) in [6.45, 7) is 2.04. The lowest BCUT2D eigenvalue weighted by molar-refractivity contribution is 0.416. The SMILES string of the molecule is COc1ccccc1-c1c(-c2ccccc2)ccnc1C. The topological polar surface area (TPSA) is 22.1 Å². The van der Waals surface area contributed by atoms with Crippen molar-refractivity contribution in [3.8, 4) is 28.0 Å². The number of hydrogen-bond donors (Lipinski definition) is 0. The number of benzene rings is 2. The average Bonchev–Trinajstić information content (AvgIpc) is 2.55. The number of nitrogens with zero attached hydrogens (tertiary/aromatic N) is 1. The molecule has 0 N–H and O–H groups in total. The Bertz CT molecular complexity index is 751. The molecular formula is C19H17NO. The molecule has 0 amide bonds. The molecule has 0 aliphatic rings. The number of hydrogen-bond acceptors (Lipinski definition) is 2. The average molecular weight is 275 g/mol. The lowest BCUT2D eigenvalue weighted by atomic mass is 9.93. The number of aromatic nitrogens is 1. The van der Waals surface area contributed by atoms with Crippen LogP contribution in [0.2, 0.25) is 0 Å². The van der Waals surface area contributed by atoms with Crippen molar-refractivity contribution in [2.24, 2.45) is 0 Å². The largest absolute Gasteiger partial charge is 0.496 e. The van der Waals surface area contributed by atoms with Gasteiger partial charge >= 0.3 is 0 Å². The van der Waals surface area contributed by atoms with E-state index in [4.69, 9.17) is 4.74 Å². The van der Waals surface area contributed by atoms with Crippen molar-refractivity contribution in [2.45, 2.75) is 6.92 Å². The van der Waals surface area contributed by atoms with E-state index in [1.807, 2.05) is 37.4 Å². The highest BCUT2D eigenvalue weighted by Gasteiger charge is 2.14. The standard InChI is InChI=1S/C19H17NO/c1-14-19(17-10-6-7-11-18(17)21-2)16(12-13-20-14)15-8-4-3-5-9-15/h3-13H,1-2H3. The molecule has 0 radical (unpaired) electrons. The zero-order valence-electron chi connectivity index (χ0n) is 12.2. The first-order valence-corrected chi connectivity index (χ1v) is 6.95. The van der Waals surface area contributed by atoms with Crippen molar-refractivity contribution >= 4 is 0 Å². The van der Waals surface area contributed by atoms with E-state index in [0.717, 1.165) is 22.6 Å². The maximum atomic E-state index is 5.52. The first-order chi connectivity index (χ1) is 10.3. The van der Waals surface area contributed by atoms with Crippen LogP contribution >= 0.6 is 0 Å². The van der Waals surface area contributed by atoms with E-state index in [1.165, 1.54) is 11.1 Å². The summed E-state index contributed by atoms with van der Waals surface area (Å²) >= 11 is 0. The van der Waals surface area contributed by atoms with E-state index in [2.05, 4.69) is 41.4 Å². The van der Waals surface area contributed by atoms with Gasteiger partial charge in [-0.3, -0.25) is 4.98 Å². The number of ether oxygens (including phenoxy) is 1. The van der Waals surface area contributed by atoms with Crippen molar-refractivity contribution in [3.63, 3.8) is 0 Å². The maximum Gasteiger partial charge on any atom is 0.126 e. The van der Waals surface area contributed by atoms with E-state index in [1.54, 1.807) is 7.11 Å². The van der Waals surface area contributed by atoms with Gasteiger partial charge in [0, 0.05) is 23.0 Å². The number of methoxy groups -OCH3 is 1. The summed E-state index contributed by atoms with van der Waals surface area (Å²) in [6, 6.07) is 20.5. The van der Waals surface area contributed by atoms with Crippen molar-refractivity contribution in [2.75, 3.05) is 7.11 Å². The van der Waals surface area contributed by atoms with Gasteiger partial charge in [-0.05, 0) is 30.2 Å². The van der Waals surface area contributed by atoms with E-state index in [0.29, 0.717) is 0 Å². The van der Waals surface area contributed by atoms with Crippen molar-refractivity contribution in [1.82, 2.24) is 4.98 Å². The summed E-state index contributed by atoms with van der Waals surface area (Å²) in [5.41, 5.74) is 5.56. The van der Waals surface area contributed by atoms with Gasteiger partial charge in [0.25, 0.3) is 0 Å². The lowest BCUT2D eigenvalue weighted by Gasteiger charge is -2.15. The van der Waals surface area contributed by atoms with Crippen LogP contribution < -0.4 is 4.74 Å². The van der Waals surface area contributed by atoms with Crippen LogP contribution in [0.15, 0.2) is 66.9 Å². The van der Waals surface area contributed by atoms with Gasteiger partial charge < -0.3 is 4.74 Å². The third-order valence-electron chi connectivity index (χ3n) is 3.60. The molecule has 2 nitrogen and oxygen atoms in total. The fourth-order valence-corrected chi connectivity index (χ4v) is 2.62. The second kappa shape index (κ2) is 5.80. The molecule has 1 aromatic heterocycles. The van der Waals surface area contributed by atoms with Gasteiger partial charge in [-0.1, -0.05) is 48.5 Å². The quantitative estimate of drug-likeness (QED) is 0.689. The van der Waals surface area contributed by atoms with Gasteiger partial charge in [-0.25, -0.2) is 0 Å². The summed E-state index contributed by atoms with van der Waals surface area (Å²) in [5, 5.41) is 0. The molecule has 0 spiro atoms. The summed E-state index contributed by atoms with van der Waals surface area (Å²) in [4.78, 5) is 4.46. The highest BCUT2D eigenvalue weighted by atomic mass is 16.5. The van der Waals surface area contributed by atoms with Crippen molar-refractivity contribution in [3.05, 3.63) is 72.6 Å². The third-order valence-corrected chi connectivity index (χ3v) is 3.60. The Hall–Kier alpha value is -2.61. The Morgan fingerprint density at radius 1 is 0.810 bits per heavy atom. The molecule has 0 unspecified atom stereocenters. The molecular weight excluding hydrogens is 258 g/mol. The minimum Gasteiger partial charge on any atom is -0.496 e.